The van der Waals surface area contributed by atoms with E-state index in [9.17, 15) is 14.0 Å². The Morgan fingerprint density at radius 2 is 1.87 bits per heavy atom. The number of hydrogen-bond acceptors (Lipinski definition) is 3. The molecule has 0 bridgehead atoms. The third kappa shape index (κ3) is 4.16. The number of ether oxygens (including phenoxy) is 1. The van der Waals surface area contributed by atoms with Crippen molar-refractivity contribution in [1.82, 2.24) is 0 Å². The standard InChI is InChI=1S/C18H17FO4/c1-2-14(18(21)22)13-8-9-17(15(19)10-13)23-11-16(20)12-6-4-3-5-7-12/h3-10,14H,2,11H2,1H3,(H,21,22). The Hall–Kier alpha value is -2.69. The number of carbonyl (C=O) groups is 2. The first-order valence-corrected chi connectivity index (χ1v) is 7.26. The van der Waals surface area contributed by atoms with Crippen molar-refractivity contribution in [2.24, 2.45) is 0 Å². The van der Waals surface area contributed by atoms with Crippen molar-refractivity contribution in [2.45, 2.75) is 19.3 Å². The number of carboxylic acids is 1. The quantitative estimate of drug-likeness (QED) is 0.792. The highest BCUT2D eigenvalue weighted by Crippen LogP contribution is 2.25. The van der Waals surface area contributed by atoms with Crippen LogP contribution in [0.15, 0.2) is 48.5 Å². The lowest BCUT2D eigenvalue weighted by molar-refractivity contribution is -0.138. The van der Waals surface area contributed by atoms with Crippen molar-refractivity contribution in [3.05, 3.63) is 65.5 Å². The second-order valence-electron chi connectivity index (χ2n) is 5.07. The van der Waals surface area contributed by atoms with Gasteiger partial charge in [0.25, 0.3) is 0 Å². The molecule has 2 rings (SSSR count). The minimum atomic E-state index is -1.00. The van der Waals surface area contributed by atoms with Crippen molar-refractivity contribution in [3.63, 3.8) is 0 Å². The van der Waals surface area contributed by atoms with Crippen LogP contribution in [-0.4, -0.2) is 23.5 Å². The summed E-state index contributed by atoms with van der Waals surface area (Å²) in [5.74, 6) is -2.77. The molecule has 2 aromatic carbocycles. The Bertz CT molecular complexity index is 697. The van der Waals surface area contributed by atoms with Gasteiger partial charge in [-0.3, -0.25) is 9.59 Å². The summed E-state index contributed by atoms with van der Waals surface area (Å²) >= 11 is 0. The molecule has 0 aliphatic carbocycles. The molecule has 1 N–H and O–H groups in total. The van der Waals surface area contributed by atoms with E-state index in [-0.39, 0.29) is 18.1 Å². The van der Waals surface area contributed by atoms with Crippen molar-refractivity contribution in [2.75, 3.05) is 6.61 Å². The summed E-state index contributed by atoms with van der Waals surface area (Å²) in [5, 5.41) is 9.09. The van der Waals surface area contributed by atoms with Crippen LogP contribution in [0, 0.1) is 5.82 Å². The topological polar surface area (TPSA) is 63.6 Å². The Balaban J connectivity index is 2.07. The van der Waals surface area contributed by atoms with Gasteiger partial charge in [-0.05, 0) is 24.1 Å². The summed E-state index contributed by atoms with van der Waals surface area (Å²) in [5.41, 5.74) is 0.862. The van der Waals surface area contributed by atoms with E-state index in [2.05, 4.69) is 0 Å². The third-order valence-corrected chi connectivity index (χ3v) is 3.52. The lowest BCUT2D eigenvalue weighted by Crippen LogP contribution is -2.13. The maximum atomic E-state index is 14.0. The van der Waals surface area contributed by atoms with Crippen LogP contribution < -0.4 is 4.74 Å². The van der Waals surface area contributed by atoms with Gasteiger partial charge in [-0.15, -0.1) is 0 Å². The number of halogens is 1. The molecule has 1 atom stereocenters. The second kappa shape index (κ2) is 7.54. The lowest BCUT2D eigenvalue weighted by atomic mass is 9.96. The number of ketones is 1. The molecule has 120 valence electrons. The van der Waals surface area contributed by atoms with Crippen LogP contribution in [0.2, 0.25) is 0 Å². The fraction of sp³-hybridized carbons (Fsp3) is 0.222. The first-order chi connectivity index (χ1) is 11.0. The molecule has 0 aliphatic heterocycles. The van der Waals surface area contributed by atoms with Gasteiger partial charge in [0.15, 0.2) is 24.0 Å². The number of carbonyl (C=O) groups excluding carboxylic acids is 1. The number of aliphatic carboxylic acids is 1. The zero-order valence-corrected chi connectivity index (χ0v) is 12.7. The van der Waals surface area contributed by atoms with Crippen LogP contribution in [0.25, 0.3) is 0 Å². The van der Waals surface area contributed by atoms with Gasteiger partial charge in [0.2, 0.25) is 0 Å². The molecule has 0 amide bonds. The Morgan fingerprint density at radius 1 is 1.17 bits per heavy atom. The maximum Gasteiger partial charge on any atom is 0.310 e. The highest BCUT2D eigenvalue weighted by molar-refractivity contribution is 5.97. The van der Waals surface area contributed by atoms with Crippen LogP contribution >= 0.6 is 0 Å². The minimum absolute atomic E-state index is 0.0710. The summed E-state index contributed by atoms with van der Waals surface area (Å²) in [6.07, 6.45) is 0.363. The predicted octanol–water partition coefficient (Wildman–Crippen LogP) is 3.67. The number of rotatable bonds is 7. The third-order valence-electron chi connectivity index (χ3n) is 3.52. The van der Waals surface area contributed by atoms with Gasteiger partial charge in [-0.2, -0.15) is 0 Å². The molecule has 0 saturated heterocycles. The lowest BCUT2D eigenvalue weighted by Gasteiger charge is -2.12. The summed E-state index contributed by atoms with van der Waals surface area (Å²) in [6, 6.07) is 12.6. The molecule has 0 fully saturated rings. The molecule has 23 heavy (non-hydrogen) atoms. The van der Waals surface area contributed by atoms with Gasteiger partial charge < -0.3 is 9.84 Å². The summed E-state index contributed by atoms with van der Waals surface area (Å²) in [4.78, 5) is 23.0. The number of carboxylic acid groups (broad SMARTS) is 1. The molecule has 5 heteroatoms. The van der Waals surface area contributed by atoms with Crippen LogP contribution in [0.3, 0.4) is 0 Å². The normalized spacial score (nSPS) is 11.7. The molecular weight excluding hydrogens is 299 g/mol. The van der Waals surface area contributed by atoms with E-state index in [0.29, 0.717) is 17.5 Å². The largest absolute Gasteiger partial charge is 0.482 e. The molecule has 0 radical (unpaired) electrons. The highest BCUT2D eigenvalue weighted by atomic mass is 19.1. The van der Waals surface area contributed by atoms with Crippen LogP contribution in [0.4, 0.5) is 4.39 Å². The zero-order chi connectivity index (χ0) is 16.8. The van der Waals surface area contributed by atoms with Crippen molar-refractivity contribution in [3.8, 4) is 5.75 Å². The van der Waals surface area contributed by atoms with E-state index in [1.54, 1.807) is 37.3 Å². The summed E-state index contributed by atoms with van der Waals surface area (Å²) < 4.78 is 19.2. The van der Waals surface area contributed by atoms with Crippen LogP contribution in [0.1, 0.15) is 35.2 Å². The van der Waals surface area contributed by atoms with Crippen LogP contribution in [0.5, 0.6) is 5.75 Å². The molecule has 2 aromatic rings. The number of benzene rings is 2. The fourth-order valence-electron chi connectivity index (χ4n) is 2.25. The molecule has 0 aromatic heterocycles. The van der Waals surface area contributed by atoms with Gasteiger partial charge in [0.05, 0.1) is 5.92 Å². The molecule has 1 unspecified atom stereocenters. The van der Waals surface area contributed by atoms with Crippen LogP contribution in [-0.2, 0) is 4.79 Å². The van der Waals surface area contributed by atoms with Gasteiger partial charge >= 0.3 is 5.97 Å². The van der Waals surface area contributed by atoms with E-state index >= 15 is 0 Å². The fourth-order valence-corrected chi connectivity index (χ4v) is 2.25. The molecule has 0 saturated carbocycles. The Morgan fingerprint density at radius 3 is 2.43 bits per heavy atom. The second-order valence-corrected chi connectivity index (χ2v) is 5.07. The van der Waals surface area contributed by atoms with Gasteiger partial charge in [-0.1, -0.05) is 43.3 Å². The monoisotopic (exact) mass is 316 g/mol. The first-order valence-electron chi connectivity index (χ1n) is 7.26. The highest BCUT2D eigenvalue weighted by Gasteiger charge is 2.19. The van der Waals surface area contributed by atoms with E-state index in [4.69, 9.17) is 9.84 Å². The Kier molecular flexibility index (Phi) is 5.46. The smallest absolute Gasteiger partial charge is 0.310 e. The SMILES string of the molecule is CCC(C(=O)O)c1ccc(OCC(=O)c2ccccc2)c(F)c1. The van der Waals surface area contributed by atoms with Gasteiger partial charge in [0, 0.05) is 5.56 Å². The molecule has 0 aliphatic rings. The summed E-state index contributed by atoms with van der Waals surface area (Å²) in [7, 11) is 0. The molecule has 0 heterocycles. The minimum Gasteiger partial charge on any atom is -0.482 e. The van der Waals surface area contributed by atoms with E-state index in [0.717, 1.165) is 6.07 Å². The number of hydrogen-bond donors (Lipinski definition) is 1. The average molecular weight is 316 g/mol. The molecular formula is C18H17FO4. The van der Waals surface area contributed by atoms with E-state index < -0.39 is 17.7 Å². The van der Waals surface area contributed by atoms with Crippen molar-refractivity contribution < 1.29 is 23.8 Å². The summed E-state index contributed by atoms with van der Waals surface area (Å²) in [6.45, 7) is 1.44. The van der Waals surface area contributed by atoms with Crippen molar-refractivity contribution in [1.29, 1.82) is 0 Å². The maximum absolute atomic E-state index is 14.0. The van der Waals surface area contributed by atoms with Gasteiger partial charge in [-0.25, -0.2) is 4.39 Å². The zero-order valence-electron chi connectivity index (χ0n) is 12.7. The van der Waals surface area contributed by atoms with E-state index in [1.165, 1.54) is 12.1 Å². The average Bonchev–Trinajstić information content (AvgIpc) is 2.55. The molecule has 0 spiro atoms. The molecule has 4 nitrogen and oxygen atoms in total. The van der Waals surface area contributed by atoms with Crippen molar-refractivity contribution >= 4 is 11.8 Å². The Labute approximate surface area is 133 Å². The number of Topliss-reactive ketones (excluding diaryl/α,β-unsaturated/α-hetero) is 1. The first kappa shape index (κ1) is 16.7. The van der Waals surface area contributed by atoms with Gasteiger partial charge in [0.1, 0.15) is 0 Å². The predicted molar refractivity (Wildman–Crippen MR) is 83.3 cm³/mol. The van der Waals surface area contributed by atoms with E-state index in [1.807, 2.05) is 0 Å².